The molecule has 1 rings (SSSR count). The zero-order valence-electron chi connectivity index (χ0n) is 10.6. The van der Waals surface area contributed by atoms with Crippen molar-refractivity contribution in [3.63, 3.8) is 0 Å². The van der Waals surface area contributed by atoms with Crippen LogP contribution in [0.4, 0.5) is 17.6 Å². The van der Waals surface area contributed by atoms with E-state index in [-0.39, 0.29) is 0 Å². The van der Waals surface area contributed by atoms with Crippen LogP contribution in [0.25, 0.3) is 0 Å². The molecule has 0 amide bonds. The summed E-state index contributed by atoms with van der Waals surface area (Å²) in [6.45, 7) is 4.45. The third-order valence-corrected chi connectivity index (χ3v) is 2.86. The summed E-state index contributed by atoms with van der Waals surface area (Å²) < 4.78 is 49.6. The normalized spacial score (nSPS) is 14.0. The molecular weight excluding hydrogens is 246 g/mol. The summed E-state index contributed by atoms with van der Waals surface area (Å²) in [5.74, 6) is -3.99. The molecule has 1 atom stereocenters. The Bertz CT molecular complexity index is 404. The predicted octanol–water partition coefficient (Wildman–Crippen LogP) is 3.85. The Balaban J connectivity index is 2.69. The lowest BCUT2D eigenvalue weighted by molar-refractivity contribution is -0.126. The van der Waals surface area contributed by atoms with Crippen LogP contribution in [-0.2, 0) is 0 Å². The minimum absolute atomic E-state index is 0.393. The molecule has 0 radical (unpaired) electrons. The molecule has 1 unspecified atom stereocenters. The number of nitrogens with one attached hydrogen (secondary N) is 1. The van der Waals surface area contributed by atoms with Crippen LogP contribution < -0.4 is 5.32 Å². The van der Waals surface area contributed by atoms with Crippen molar-refractivity contribution >= 4 is 0 Å². The van der Waals surface area contributed by atoms with Crippen molar-refractivity contribution in [2.75, 3.05) is 6.54 Å². The van der Waals surface area contributed by atoms with Gasteiger partial charge in [-0.15, -0.1) is 0 Å². The van der Waals surface area contributed by atoms with Gasteiger partial charge < -0.3 is 5.32 Å². The number of hydrogen-bond acceptors (Lipinski definition) is 1. The second kappa shape index (κ2) is 5.69. The van der Waals surface area contributed by atoms with Crippen molar-refractivity contribution < 1.29 is 17.6 Å². The van der Waals surface area contributed by atoms with Gasteiger partial charge in [0.05, 0.1) is 6.54 Å². The highest BCUT2D eigenvalue weighted by Crippen LogP contribution is 2.24. The summed E-state index contributed by atoms with van der Waals surface area (Å²) in [6.07, 6.45) is -3.64. The summed E-state index contributed by atoms with van der Waals surface area (Å²) in [5, 5.41) is 2.45. The molecule has 1 aromatic carbocycles. The van der Waals surface area contributed by atoms with Crippen molar-refractivity contribution in [2.24, 2.45) is 0 Å². The lowest BCUT2D eigenvalue weighted by atomic mass is 10.0. The minimum atomic E-state index is -3.99. The van der Waals surface area contributed by atoms with E-state index in [1.54, 1.807) is 6.92 Å². The molecule has 0 aliphatic heterocycles. The van der Waals surface area contributed by atoms with Crippen LogP contribution in [0.5, 0.6) is 0 Å². The maximum Gasteiger partial charge on any atom is 0.319 e. The monoisotopic (exact) mass is 263 g/mol. The number of rotatable bonds is 5. The quantitative estimate of drug-likeness (QED) is 0.795. The van der Waals surface area contributed by atoms with Gasteiger partial charge in [-0.05, 0) is 31.9 Å². The highest BCUT2D eigenvalue weighted by atomic mass is 19.3. The van der Waals surface area contributed by atoms with Gasteiger partial charge in [0, 0.05) is 6.04 Å². The smallest absolute Gasteiger partial charge is 0.304 e. The Hall–Kier alpha value is -1.10. The molecule has 5 heteroatoms. The minimum Gasteiger partial charge on any atom is -0.304 e. The molecule has 0 bridgehead atoms. The van der Waals surface area contributed by atoms with Crippen molar-refractivity contribution in [1.82, 2.24) is 5.32 Å². The largest absolute Gasteiger partial charge is 0.319 e. The molecule has 0 aliphatic carbocycles. The molecular formula is C13H17F4N. The van der Waals surface area contributed by atoms with Crippen molar-refractivity contribution in [1.29, 1.82) is 0 Å². The van der Waals surface area contributed by atoms with E-state index in [2.05, 4.69) is 5.32 Å². The summed E-state index contributed by atoms with van der Waals surface area (Å²) >= 11 is 0. The average molecular weight is 263 g/mol. The fraction of sp³-hybridized carbons (Fsp3) is 0.538. The molecule has 0 saturated heterocycles. The number of alkyl halides is 4. The summed E-state index contributed by atoms with van der Waals surface area (Å²) in [4.78, 5) is 0. The van der Waals surface area contributed by atoms with Crippen LogP contribution in [0.15, 0.2) is 18.2 Å². The van der Waals surface area contributed by atoms with Crippen molar-refractivity contribution in [2.45, 2.75) is 39.2 Å². The van der Waals surface area contributed by atoms with E-state index in [0.717, 1.165) is 16.7 Å². The third kappa shape index (κ3) is 3.70. The zero-order valence-corrected chi connectivity index (χ0v) is 10.6. The first kappa shape index (κ1) is 15.0. The number of benzene rings is 1. The molecule has 0 aliphatic rings. The third-order valence-electron chi connectivity index (χ3n) is 2.86. The second-order valence-electron chi connectivity index (χ2n) is 4.52. The van der Waals surface area contributed by atoms with Crippen LogP contribution in [-0.4, -0.2) is 18.9 Å². The molecule has 0 spiro atoms. The average Bonchev–Trinajstić information content (AvgIpc) is 2.25. The number of halogens is 4. The van der Waals surface area contributed by atoms with E-state index < -0.39 is 24.9 Å². The molecule has 18 heavy (non-hydrogen) atoms. The summed E-state index contributed by atoms with van der Waals surface area (Å²) in [5.41, 5.74) is 2.86. The zero-order chi connectivity index (χ0) is 13.9. The van der Waals surface area contributed by atoms with Gasteiger partial charge in [-0.3, -0.25) is 0 Å². The van der Waals surface area contributed by atoms with Gasteiger partial charge in [0.2, 0.25) is 0 Å². The molecule has 1 nitrogen and oxygen atoms in total. The topological polar surface area (TPSA) is 12.0 Å². The van der Waals surface area contributed by atoms with Gasteiger partial charge >= 0.3 is 12.3 Å². The maximum absolute atomic E-state index is 12.8. The molecule has 102 valence electrons. The first-order valence-electron chi connectivity index (χ1n) is 5.70. The summed E-state index contributed by atoms with van der Waals surface area (Å²) in [6, 6.07) is 5.23. The Morgan fingerprint density at radius 3 is 2.33 bits per heavy atom. The predicted molar refractivity (Wildman–Crippen MR) is 63.3 cm³/mol. The molecule has 0 heterocycles. The van der Waals surface area contributed by atoms with E-state index in [1.807, 2.05) is 32.0 Å². The molecule has 0 fully saturated rings. The fourth-order valence-electron chi connectivity index (χ4n) is 1.79. The van der Waals surface area contributed by atoms with E-state index in [9.17, 15) is 17.6 Å². The molecule has 1 N–H and O–H groups in total. The van der Waals surface area contributed by atoms with Crippen molar-refractivity contribution in [3.05, 3.63) is 34.9 Å². The Morgan fingerprint density at radius 2 is 1.83 bits per heavy atom. The highest BCUT2D eigenvalue weighted by Gasteiger charge is 2.40. The summed E-state index contributed by atoms with van der Waals surface area (Å²) in [7, 11) is 0. The maximum atomic E-state index is 12.8. The first-order chi connectivity index (χ1) is 8.24. The fourth-order valence-corrected chi connectivity index (χ4v) is 1.79. The van der Waals surface area contributed by atoms with Crippen molar-refractivity contribution in [3.8, 4) is 0 Å². The Labute approximate surface area is 104 Å². The lowest BCUT2D eigenvalue weighted by Crippen LogP contribution is -2.39. The van der Waals surface area contributed by atoms with Gasteiger partial charge in [-0.25, -0.2) is 8.78 Å². The molecule has 0 saturated carbocycles. The lowest BCUT2D eigenvalue weighted by Gasteiger charge is -2.21. The van der Waals surface area contributed by atoms with Crippen LogP contribution in [0.1, 0.15) is 29.7 Å². The van der Waals surface area contributed by atoms with Gasteiger partial charge in [-0.2, -0.15) is 8.78 Å². The Kier molecular flexibility index (Phi) is 4.73. The van der Waals surface area contributed by atoms with Crippen LogP contribution in [0.3, 0.4) is 0 Å². The number of aryl methyl sites for hydroxylation is 2. The van der Waals surface area contributed by atoms with Crippen LogP contribution in [0, 0.1) is 13.8 Å². The highest BCUT2D eigenvalue weighted by molar-refractivity contribution is 5.32. The van der Waals surface area contributed by atoms with Crippen LogP contribution >= 0.6 is 0 Å². The van der Waals surface area contributed by atoms with E-state index in [0.29, 0.717) is 0 Å². The molecule has 0 aromatic heterocycles. The van der Waals surface area contributed by atoms with Gasteiger partial charge in [-0.1, -0.05) is 23.8 Å². The molecule has 1 aromatic rings. The standard InChI is InChI=1S/C13H17F4N/c1-8-4-5-11(9(2)6-8)10(3)18-7-13(16,17)12(14)15/h4-6,10,12,18H,7H2,1-3H3. The first-order valence-corrected chi connectivity index (χ1v) is 5.70. The van der Waals surface area contributed by atoms with E-state index in [1.165, 1.54) is 0 Å². The van der Waals surface area contributed by atoms with Gasteiger partial charge in [0.25, 0.3) is 0 Å². The Morgan fingerprint density at radius 1 is 1.22 bits per heavy atom. The van der Waals surface area contributed by atoms with Gasteiger partial charge in [0.1, 0.15) is 0 Å². The van der Waals surface area contributed by atoms with E-state index >= 15 is 0 Å². The van der Waals surface area contributed by atoms with E-state index in [4.69, 9.17) is 0 Å². The van der Waals surface area contributed by atoms with Crippen LogP contribution in [0.2, 0.25) is 0 Å². The number of hydrogen-bond donors (Lipinski definition) is 1. The second-order valence-corrected chi connectivity index (χ2v) is 4.52. The van der Waals surface area contributed by atoms with Gasteiger partial charge in [0.15, 0.2) is 0 Å². The SMILES string of the molecule is Cc1ccc(C(C)NCC(F)(F)C(F)F)c(C)c1.